The lowest BCUT2D eigenvalue weighted by molar-refractivity contribution is 0.517. The zero-order chi connectivity index (χ0) is 11.4. The number of hydrogen-bond donors (Lipinski definition) is 1. The van der Waals surface area contributed by atoms with Crippen LogP contribution in [0.4, 0.5) is 6.01 Å². The number of thioether (sulfide) groups is 1. The molecule has 6 heteroatoms. The third kappa shape index (κ3) is 2.83. The maximum absolute atomic E-state index is 5.61. The Hall–Kier alpha value is -0.420. The van der Waals surface area contributed by atoms with E-state index in [1.165, 1.54) is 19.3 Å². The predicted molar refractivity (Wildman–Crippen MR) is 67.0 cm³/mol. The molecule has 2 atom stereocenters. The van der Waals surface area contributed by atoms with E-state index in [2.05, 4.69) is 22.4 Å². The summed E-state index contributed by atoms with van der Waals surface area (Å²) in [6, 6.07) is 0.956. The van der Waals surface area contributed by atoms with Crippen LogP contribution in [0.5, 0.6) is 0 Å². The normalized spacial score (nSPS) is 24.9. The van der Waals surface area contributed by atoms with Gasteiger partial charge in [-0.1, -0.05) is 18.4 Å². The van der Waals surface area contributed by atoms with Crippen LogP contribution < -0.4 is 5.32 Å². The highest BCUT2D eigenvalue weighted by Crippen LogP contribution is 2.31. The first-order valence-electron chi connectivity index (χ1n) is 5.60. The molecule has 1 aromatic rings. The van der Waals surface area contributed by atoms with E-state index < -0.39 is 0 Å². The molecular formula is C10H16ClN3OS. The van der Waals surface area contributed by atoms with E-state index in [9.17, 15) is 0 Å². The Labute approximate surface area is 105 Å². The number of anilines is 1. The van der Waals surface area contributed by atoms with Gasteiger partial charge in [0.25, 0.3) is 0 Å². The average molecular weight is 262 g/mol. The molecule has 1 aliphatic rings. The number of rotatable bonds is 5. The van der Waals surface area contributed by atoms with E-state index in [0.29, 0.717) is 23.2 Å². The first-order chi connectivity index (χ1) is 7.83. The quantitative estimate of drug-likeness (QED) is 0.826. The van der Waals surface area contributed by atoms with Gasteiger partial charge >= 0.3 is 6.01 Å². The fourth-order valence-corrected chi connectivity index (χ4v) is 3.34. The first kappa shape index (κ1) is 12.0. The fraction of sp³-hybridized carbons (Fsp3) is 0.800. The van der Waals surface area contributed by atoms with Crippen molar-refractivity contribution in [1.82, 2.24) is 10.2 Å². The van der Waals surface area contributed by atoms with Crippen LogP contribution in [-0.2, 0) is 5.88 Å². The third-order valence-electron chi connectivity index (χ3n) is 2.72. The second kappa shape index (κ2) is 5.77. The van der Waals surface area contributed by atoms with Crippen LogP contribution in [0.3, 0.4) is 0 Å². The first-order valence-corrected chi connectivity index (χ1v) is 7.18. The number of halogens is 1. The van der Waals surface area contributed by atoms with Crippen molar-refractivity contribution in [3.63, 3.8) is 0 Å². The lowest BCUT2D eigenvalue weighted by Gasteiger charge is -2.18. The maximum Gasteiger partial charge on any atom is 0.315 e. The molecule has 0 amide bonds. The maximum atomic E-state index is 5.61. The molecule has 16 heavy (non-hydrogen) atoms. The van der Waals surface area contributed by atoms with Crippen molar-refractivity contribution in [2.45, 2.75) is 43.4 Å². The SMILES string of the molecule is CCSC1CCCC1Nc1nnc(CCl)o1. The highest BCUT2D eigenvalue weighted by atomic mass is 35.5. The molecule has 2 unspecified atom stereocenters. The van der Waals surface area contributed by atoms with E-state index in [-0.39, 0.29) is 5.88 Å². The summed E-state index contributed by atoms with van der Waals surface area (Å²) in [5.41, 5.74) is 0. The zero-order valence-corrected chi connectivity index (χ0v) is 10.9. The molecule has 0 saturated heterocycles. The highest BCUT2D eigenvalue weighted by Gasteiger charge is 2.28. The van der Waals surface area contributed by atoms with Crippen LogP contribution in [0.25, 0.3) is 0 Å². The summed E-state index contributed by atoms with van der Waals surface area (Å²) in [5, 5.41) is 11.7. The van der Waals surface area contributed by atoms with Crippen molar-refractivity contribution in [3.8, 4) is 0 Å². The van der Waals surface area contributed by atoms with Gasteiger partial charge in [-0.3, -0.25) is 0 Å². The summed E-state index contributed by atoms with van der Waals surface area (Å²) < 4.78 is 5.35. The summed E-state index contributed by atoms with van der Waals surface area (Å²) in [6.07, 6.45) is 3.72. The Morgan fingerprint density at radius 1 is 1.50 bits per heavy atom. The largest absolute Gasteiger partial charge is 0.407 e. The fourth-order valence-electron chi connectivity index (χ4n) is 2.03. The van der Waals surface area contributed by atoms with E-state index in [1.807, 2.05) is 11.8 Å². The molecule has 1 aromatic heterocycles. The molecule has 90 valence electrons. The molecular weight excluding hydrogens is 246 g/mol. The van der Waals surface area contributed by atoms with E-state index in [1.54, 1.807) is 0 Å². The summed E-state index contributed by atoms with van der Waals surface area (Å²) in [5.74, 6) is 1.90. The Balaban J connectivity index is 1.92. The average Bonchev–Trinajstić information content (AvgIpc) is 2.90. The molecule has 1 saturated carbocycles. The predicted octanol–water partition coefficient (Wildman–Crippen LogP) is 2.89. The van der Waals surface area contributed by atoms with Crippen molar-refractivity contribution in [2.75, 3.05) is 11.1 Å². The molecule has 2 rings (SSSR count). The van der Waals surface area contributed by atoms with Crippen LogP contribution in [0, 0.1) is 0 Å². The molecule has 1 aliphatic carbocycles. The molecule has 1 N–H and O–H groups in total. The van der Waals surface area contributed by atoms with Crippen molar-refractivity contribution in [1.29, 1.82) is 0 Å². The van der Waals surface area contributed by atoms with Gasteiger partial charge in [0.2, 0.25) is 5.89 Å². The molecule has 0 spiro atoms. The van der Waals surface area contributed by atoms with Crippen LogP contribution in [-0.4, -0.2) is 27.2 Å². The van der Waals surface area contributed by atoms with Crippen molar-refractivity contribution >= 4 is 29.4 Å². The standard InChI is InChI=1S/C10H16ClN3OS/c1-2-16-8-5-3-4-7(8)12-10-14-13-9(6-11)15-10/h7-8H,2-6H2,1H3,(H,12,14). The van der Waals surface area contributed by atoms with Gasteiger partial charge in [-0.2, -0.15) is 11.8 Å². The molecule has 0 aromatic carbocycles. The van der Waals surface area contributed by atoms with Gasteiger partial charge in [-0.15, -0.1) is 16.7 Å². The van der Waals surface area contributed by atoms with Crippen molar-refractivity contribution in [3.05, 3.63) is 5.89 Å². The summed E-state index contributed by atoms with van der Waals surface area (Å²) in [4.78, 5) is 0. The van der Waals surface area contributed by atoms with Crippen LogP contribution >= 0.6 is 23.4 Å². The smallest absolute Gasteiger partial charge is 0.315 e. The molecule has 0 radical (unpaired) electrons. The third-order valence-corrected chi connectivity index (χ3v) is 4.28. The number of nitrogens with one attached hydrogen (secondary N) is 1. The van der Waals surface area contributed by atoms with Crippen LogP contribution in [0.2, 0.25) is 0 Å². The van der Waals surface area contributed by atoms with Gasteiger partial charge in [0.15, 0.2) is 0 Å². The van der Waals surface area contributed by atoms with Gasteiger partial charge in [-0.25, -0.2) is 0 Å². The Kier molecular flexibility index (Phi) is 4.35. The molecule has 4 nitrogen and oxygen atoms in total. The molecule has 1 heterocycles. The highest BCUT2D eigenvalue weighted by molar-refractivity contribution is 7.99. The summed E-state index contributed by atoms with van der Waals surface area (Å²) in [7, 11) is 0. The minimum absolute atomic E-state index is 0.270. The number of aromatic nitrogens is 2. The van der Waals surface area contributed by atoms with Crippen molar-refractivity contribution < 1.29 is 4.42 Å². The van der Waals surface area contributed by atoms with Gasteiger partial charge in [0, 0.05) is 11.3 Å². The Morgan fingerprint density at radius 3 is 3.06 bits per heavy atom. The Morgan fingerprint density at radius 2 is 2.38 bits per heavy atom. The number of nitrogens with zero attached hydrogens (tertiary/aromatic N) is 2. The number of hydrogen-bond acceptors (Lipinski definition) is 5. The minimum Gasteiger partial charge on any atom is -0.407 e. The van der Waals surface area contributed by atoms with Gasteiger partial charge in [0.05, 0.1) is 0 Å². The van der Waals surface area contributed by atoms with Gasteiger partial charge in [0.1, 0.15) is 5.88 Å². The van der Waals surface area contributed by atoms with Gasteiger partial charge in [-0.05, 0) is 18.6 Å². The van der Waals surface area contributed by atoms with Crippen LogP contribution in [0.15, 0.2) is 4.42 Å². The zero-order valence-electron chi connectivity index (χ0n) is 9.28. The second-order valence-electron chi connectivity index (χ2n) is 3.81. The molecule has 1 fully saturated rings. The van der Waals surface area contributed by atoms with E-state index in [0.717, 1.165) is 5.75 Å². The van der Waals surface area contributed by atoms with E-state index >= 15 is 0 Å². The van der Waals surface area contributed by atoms with E-state index in [4.69, 9.17) is 16.0 Å². The monoisotopic (exact) mass is 261 g/mol. The van der Waals surface area contributed by atoms with Crippen molar-refractivity contribution in [2.24, 2.45) is 0 Å². The lowest BCUT2D eigenvalue weighted by atomic mass is 10.2. The summed E-state index contributed by atoms with van der Waals surface area (Å²) in [6.45, 7) is 2.19. The van der Waals surface area contributed by atoms with Crippen LogP contribution in [0.1, 0.15) is 32.1 Å². The molecule has 0 aliphatic heterocycles. The van der Waals surface area contributed by atoms with Gasteiger partial charge < -0.3 is 9.73 Å². The molecule has 0 bridgehead atoms. The Bertz CT molecular complexity index is 334. The lowest BCUT2D eigenvalue weighted by Crippen LogP contribution is -2.26. The summed E-state index contributed by atoms with van der Waals surface area (Å²) >= 11 is 7.61. The topological polar surface area (TPSA) is 51.0 Å². The minimum atomic E-state index is 0.270. The second-order valence-corrected chi connectivity index (χ2v) is 5.59. The number of alkyl halides is 1.